The fourth-order valence-corrected chi connectivity index (χ4v) is 3.74. The number of aryl methyl sites for hydroxylation is 1. The van der Waals surface area contributed by atoms with E-state index in [1.165, 1.54) is 30.5 Å². The van der Waals surface area contributed by atoms with Gasteiger partial charge in [-0.15, -0.1) is 0 Å². The van der Waals surface area contributed by atoms with Crippen LogP contribution in [0, 0.1) is 0 Å². The molecule has 6 nitrogen and oxygen atoms in total. The first-order valence-corrected chi connectivity index (χ1v) is 9.45. The Labute approximate surface area is 152 Å². The molecule has 3 aromatic rings. The summed E-state index contributed by atoms with van der Waals surface area (Å²) in [6.07, 6.45) is 7.65. The molecule has 26 heavy (non-hydrogen) atoms. The Morgan fingerprint density at radius 3 is 3.00 bits per heavy atom. The van der Waals surface area contributed by atoms with Gasteiger partial charge in [0.25, 0.3) is 5.56 Å². The van der Waals surface area contributed by atoms with Crippen LogP contribution >= 0.6 is 0 Å². The van der Waals surface area contributed by atoms with Crippen LogP contribution in [0.15, 0.2) is 35.4 Å². The highest BCUT2D eigenvalue weighted by Gasteiger charge is 2.16. The van der Waals surface area contributed by atoms with Gasteiger partial charge < -0.3 is 5.32 Å². The van der Waals surface area contributed by atoms with E-state index in [2.05, 4.69) is 27.4 Å². The van der Waals surface area contributed by atoms with E-state index in [0.29, 0.717) is 11.9 Å². The molecular formula is C20H25N5O. The molecule has 1 aromatic carbocycles. The Kier molecular flexibility index (Phi) is 4.84. The molecule has 1 aliphatic carbocycles. The van der Waals surface area contributed by atoms with E-state index in [4.69, 9.17) is 0 Å². The maximum atomic E-state index is 12.6. The third-order valence-electron chi connectivity index (χ3n) is 5.21. The number of hydrogen-bond donors (Lipinski definition) is 2. The molecule has 1 aliphatic rings. The van der Waals surface area contributed by atoms with Crippen LogP contribution in [0.3, 0.4) is 0 Å². The number of aromatic nitrogens is 4. The second-order valence-corrected chi connectivity index (χ2v) is 7.19. The van der Waals surface area contributed by atoms with Gasteiger partial charge in [0.15, 0.2) is 0 Å². The average Bonchev–Trinajstić information content (AvgIpc) is 2.89. The van der Waals surface area contributed by atoms with Crippen molar-refractivity contribution >= 4 is 10.9 Å². The first kappa shape index (κ1) is 17.0. The fraction of sp³-hybridized carbons (Fsp3) is 0.450. The molecule has 0 unspecified atom stereocenters. The van der Waals surface area contributed by atoms with E-state index in [9.17, 15) is 4.79 Å². The topological polar surface area (TPSA) is 75.6 Å². The summed E-state index contributed by atoms with van der Waals surface area (Å²) in [6.45, 7) is 3.40. The van der Waals surface area contributed by atoms with Crippen molar-refractivity contribution in [3.8, 4) is 0 Å². The maximum absolute atomic E-state index is 12.6. The Balaban J connectivity index is 1.43. The lowest BCUT2D eigenvalue weighted by Crippen LogP contribution is -2.34. The summed E-state index contributed by atoms with van der Waals surface area (Å²) >= 11 is 0. The van der Waals surface area contributed by atoms with E-state index in [1.54, 1.807) is 10.9 Å². The van der Waals surface area contributed by atoms with Crippen LogP contribution in [-0.2, 0) is 25.9 Å². The van der Waals surface area contributed by atoms with Crippen LogP contribution in [-0.4, -0.2) is 25.8 Å². The first-order valence-electron chi connectivity index (χ1n) is 9.45. The van der Waals surface area contributed by atoms with Crippen molar-refractivity contribution in [2.75, 3.05) is 0 Å². The number of hydrogen-bond acceptors (Lipinski definition) is 4. The van der Waals surface area contributed by atoms with Crippen molar-refractivity contribution in [2.24, 2.45) is 0 Å². The van der Waals surface area contributed by atoms with Gasteiger partial charge in [0, 0.05) is 24.8 Å². The van der Waals surface area contributed by atoms with Crippen LogP contribution in [0.4, 0.5) is 0 Å². The predicted molar refractivity (Wildman–Crippen MR) is 102 cm³/mol. The van der Waals surface area contributed by atoms with E-state index in [-0.39, 0.29) is 11.6 Å². The largest absolute Gasteiger partial charge is 0.307 e. The molecule has 1 atom stereocenters. The van der Waals surface area contributed by atoms with E-state index < -0.39 is 0 Å². The van der Waals surface area contributed by atoms with Crippen LogP contribution in [0.1, 0.15) is 43.1 Å². The van der Waals surface area contributed by atoms with Gasteiger partial charge in [-0.2, -0.15) is 5.10 Å². The zero-order chi connectivity index (χ0) is 17.9. The van der Waals surface area contributed by atoms with Gasteiger partial charge in [-0.3, -0.25) is 14.5 Å². The number of nitrogens with one attached hydrogen (secondary N) is 2. The first-order chi connectivity index (χ1) is 12.7. The van der Waals surface area contributed by atoms with Gasteiger partial charge in [-0.25, -0.2) is 4.98 Å². The summed E-state index contributed by atoms with van der Waals surface area (Å²) in [5, 5.41) is 11.9. The Morgan fingerprint density at radius 1 is 1.23 bits per heavy atom. The van der Waals surface area contributed by atoms with Crippen molar-refractivity contribution < 1.29 is 0 Å². The Bertz CT molecular complexity index is 958. The van der Waals surface area contributed by atoms with Crippen LogP contribution < -0.4 is 10.9 Å². The molecule has 6 heteroatoms. The molecule has 0 bridgehead atoms. The van der Waals surface area contributed by atoms with Crippen LogP contribution in [0.2, 0.25) is 0 Å². The van der Waals surface area contributed by atoms with Gasteiger partial charge in [0.05, 0.1) is 22.9 Å². The molecular weight excluding hydrogens is 326 g/mol. The summed E-state index contributed by atoms with van der Waals surface area (Å²) in [6, 6.07) is 7.62. The number of aromatic amines is 1. The lowest BCUT2D eigenvalue weighted by molar-refractivity contribution is 0.463. The van der Waals surface area contributed by atoms with Gasteiger partial charge in [0.2, 0.25) is 0 Å². The maximum Gasteiger partial charge on any atom is 0.261 e. The molecule has 4 rings (SSSR count). The molecule has 0 spiro atoms. The normalized spacial score (nSPS) is 15.6. The summed E-state index contributed by atoms with van der Waals surface area (Å²) in [5.41, 5.74) is 4.58. The fourth-order valence-electron chi connectivity index (χ4n) is 3.74. The molecule has 2 N–H and O–H groups in total. The summed E-state index contributed by atoms with van der Waals surface area (Å²) < 4.78 is 1.69. The summed E-state index contributed by atoms with van der Waals surface area (Å²) in [5.74, 6) is 0. The lowest BCUT2D eigenvalue weighted by atomic mass is 10.1. The highest BCUT2D eigenvalue weighted by molar-refractivity contribution is 5.76. The van der Waals surface area contributed by atoms with Crippen LogP contribution in [0.5, 0.6) is 0 Å². The lowest BCUT2D eigenvalue weighted by Gasteiger charge is -2.15. The van der Waals surface area contributed by atoms with Gasteiger partial charge >= 0.3 is 0 Å². The zero-order valence-electron chi connectivity index (χ0n) is 15.2. The predicted octanol–water partition coefficient (Wildman–Crippen LogP) is 2.57. The van der Waals surface area contributed by atoms with Crippen molar-refractivity contribution in [2.45, 2.75) is 58.2 Å². The van der Waals surface area contributed by atoms with Gasteiger partial charge in [-0.1, -0.05) is 18.6 Å². The molecule has 0 saturated heterocycles. The Hall–Kier alpha value is -2.47. The molecule has 0 aliphatic heterocycles. The minimum atomic E-state index is 0.0119. The number of nitrogens with zero attached hydrogens (tertiary/aromatic N) is 3. The van der Waals surface area contributed by atoms with Crippen molar-refractivity contribution in [1.29, 1.82) is 0 Å². The minimum Gasteiger partial charge on any atom is -0.307 e. The summed E-state index contributed by atoms with van der Waals surface area (Å²) in [7, 11) is 0. The third-order valence-corrected chi connectivity index (χ3v) is 5.21. The number of fused-ring (bicyclic) bond motifs is 2. The van der Waals surface area contributed by atoms with E-state index in [1.807, 2.05) is 24.3 Å². The molecule has 0 fully saturated rings. The standard InChI is InChI=1S/C20H25N5O/c1-14(12-25-13-22-17-9-6-5-8-16(17)20(25)26)21-11-19-15-7-3-2-4-10-18(15)23-24-19/h5-6,8-9,13-14,21H,2-4,7,10-12H2,1H3,(H,23,24)/t14-/m0/s1. The Morgan fingerprint density at radius 2 is 2.08 bits per heavy atom. The third kappa shape index (κ3) is 3.42. The number of benzene rings is 1. The van der Waals surface area contributed by atoms with Crippen molar-refractivity contribution in [3.63, 3.8) is 0 Å². The second kappa shape index (κ2) is 7.41. The average molecular weight is 351 g/mol. The molecule has 2 heterocycles. The van der Waals surface area contributed by atoms with Gasteiger partial charge in [0.1, 0.15) is 0 Å². The van der Waals surface area contributed by atoms with Crippen molar-refractivity contribution in [3.05, 3.63) is 57.9 Å². The number of H-pyrrole nitrogens is 1. The van der Waals surface area contributed by atoms with Crippen LogP contribution in [0.25, 0.3) is 10.9 Å². The molecule has 0 amide bonds. The quantitative estimate of drug-likeness (QED) is 0.693. The molecule has 136 valence electrons. The van der Waals surface area contributed by atoms with E-state index in [0.717, 1.165) is 30.6 Å². The minimum absolute atomic E-state index is 0.0119. The molecule has 0 radical (unpaired) electrons. The number of rotatable bonds is 5. The second-order valence-electron chi connectivity index (χ2n) is 7.19. The highest BCUT2D eigenvalue weighted by atomic mass is 16.1. The monoisotopic (exact) mass is 351 g/mol. The van der Waals surface area contributed by atoms with Gasteiger partial charge in [-0.05, 0) is 50.3 Å². The SMILES string of the molecule is C[C@@H](Cn1cnc2ccccc2c1=O)NCc1n[nH]c2c1CCCCC2. The highest BCUT2D eigenvalue weighted by Crippen LogP contribution is 2.21. The summed E-state index contributed by atoms with van der Waals surface area (Å²) in [4.78, 5) is 17.0. The molecule has 2 aromatic heterocycles. The number of para-hydroxylation sites is 1. The smallest absolute Gasteiger partial charge is 0.261 e. The molecule has 0 saturated carbocycles. The van der Waals surface area contributed by atoms with E-state index >= 15 is 0 Å². The van der Waals surface area contributed by atoms with Crippen molar-refractivity contribution in [1.82, 2.24) is 25.1 Å². The zero-order valence-corrected chi connectivity index (χ0v) is 15.2.